The van der Waals surface area contributed by atoms with E-state index in [1.807, 2.05) is 43.5 Å². The molecule has 4 aromatic rings. The Morgan fingerprint density at radius 3 is 2.49 bits per heavy atom. The van der Waals surface area contributed by atoms with Gasteiger partial charge in [-0.05, 0) is 43.3 Å². The summed E-state index contributed by atoms with van der Waals surface area (Å²) in [5.74, 6) is 0.385. The van der Waals surface area contributed by atoms with Crippen LogP contribution in [0.3, 0.4) is 0 Å². The number of ether oxygens (including phenoxy) is 2. The molecule has 182 valence electrons. The van der Waals surface area contributed by atoms with E-state index in [1.165, 1.54) is 4.68 Å². The standard InChI is InChI=1S/C25H28N6O4/c1-5-34-23(32)14-35-18-10-11-20-19(12-18)27-15-30(20)17-8-6-16(7-9-17)28-24(33)31-22(26)13-21(29-31)25(2,3)4/h6-13,15H,5,14,26H2,1-4H3,(H,28,33). The Hall–Kier alpha value is -4.34. The fourth-order valence-corrected chi connectivity index (χ4v) is 3.44. The maximum atomic E-state index is 12.7. The SMILES string of the molecule is CCOC(=O)COc1ccc2c(c1)ncn2-c1ccc(NC(=O)n2nc(C(C)(C)C)cc2N)cc1. The van der Waals surface area contributed by atoms with Crippen molar-refractivity contribution < 1.29 is 19.1 Å². The van der Waals surface area contributed by atoms with Gasteiger partial charge in [0.2, 0.25) is 0 Å². The Balaban J connectivity index is 1.47. The number of hydrogen-bond donors (Lipinski definition) is 2. The third-order valence-electron chi connectivity index (χ3n) is 5.28. The minimum absolute atomic E-state index is 0.158. The van der Waals surface area contributed by atoms with Crippen molar-refractivity contribution in [3.05, 3.63) is 60.6 Å². The Morgan fingerprint density at radius 2 is 1.83 bits per heavy atom. The van der Waals surface area contributed by atoms with Crippen molar-refractivity contribution in [3.63, 3.8) is 0 Å². The molecular weight excluding hydrogens is 448 g/mol. The van der Waals surface area contributed by atoms with E-state index < -0.39 is 12.0 Å². The number of nitrogen functional groups attached to an aromatic ring is 1. The average molecular weight is 477 g/mol. The van der Waals surface area contributed by atoms with Crippen LogP contribution in [0.15, 0.2) is 54.9 Å². The van der Waals surface area contributed by atoms with Crippen molar-refractivity contribution in [1.82, 2.24) is 19.3 Å². The molecule has 0 saturated heterocycles. The molecule has 1 amide bonds. The van der Waals surface area contributed by atoms with E-state index in [4.69, 9.17) is 15.2 Å². The molecular formula is C25H28N6O4. The number of benzene rings is 2. The number of carbonyl (C=O) groups is 2. The van der Waals surface area contributed by atoms with Crippen molar-refractivity contribution >= 4 is 34.5 Å². The predicted octanol–water partition coefficient (Wildman–Crippen LogP) is 4.12. The summed E-state index contributed by atoms with van der Waals surface area (Å²) in [5.41, 5.74) is 9.55. The van der Waals surface area contributed by atoms with Crippen LogP contribution < -0.4 is 15.8 Å². The molecule has 0 fully saturated rings. The van der Waals surface area contributed by atoms with Crippen LogP contribution in [0.4, 0.5) is 16.3 Å². The number of hydrogen-bond acceptors (Lipinski definition) is 7. The minimum atomic E-state index is -0.436. The van der Waals surface area contributed by atoms with Crippen molar-refractivity contribution in [2.24, 2.45) is 0 Å². The zero-order chi connectivity index (χ0) is 25.2. The summed E-state index contributed by atoms with van der Waals surface area (Å²) in [4.78, 5) is 28.6. The largest absolute Gasteiger partial charge is 0.482 e. The summed E-state index contributed by atoms with van der Waals surface area (Å²) in [6.07, 6.45) is 1.70. The van der Waals surface area contributed by atoms with Gasteiger partial charge in [0.1, 0.15) is 17.9 Å². The molecule has 0 aliphatic carbocycles. The Labute approximate surface area is 202 Å². The monoisotopic (exact) mass is 476 g/mol. The van der Waals surface area contributed by atoms with E-state index >= 15 is 0 Å². The summed E-state index contributed by atoms with van der Waals surface area (Å²) in [7, 11) is 0. The summed E-state index contributed by atoms with van der Waals surface area (Å²) >= 11 is 0. The number of anilines is 2. The molecule has 0 bridgehead atoms. The molecule has 2 aromatic heterocycles. The Kier molecular flexibility index (Phi) is 6.46. The number of carbonyl (C=O) groups excluding carboxylic acids is 2. The second-order valence-electron chi connectivity index (χ2n) is 8.95. The van der Waals surface area contributed by atoms with Crippen LogP contribution in [0.2, 0.25) is 0 Å². The molecule has 0 aliphatic heterocycles. The van der Waals surface area contributed by atoms with Crippen molar-refractivity contribution in [2.75, 3.05) is 24.3 Å². The maximum absolute atomic E-state index is 12.7. The molecule has 35 heavy (non-hydrogen) atoms. The fourth-order valence-electron chi connectivity index (χ4n) is 3.44. The molecule has 0 radical (unpaired) electrons. The highest BCUT2D eigenvalue weighted by molar-refractivity contribution is 5.92. The highest BCUT2D eigenvalue weighted by Crippen LogP contribution is 2.25. The van der Waals surface area contributed by atoms with E-state index in [1.54, 1.807) is 43.6 Å². The summed E-state index contributed by atoms with van der Waals surface area (Å²) in [6.45, 7) is 7.92. The molecule has 2 heterocycles. The number of nitrogens with zero attached hydrogens (tertiary/aromatic N) is 4. The Bertz CT molecular complexity index is 1370. The lowest BCUT2D eigenvalue weighted by Crippen LogP contribution is -2.23. The van der Waals surface area contributed by atoms with E-state index in [-0.39, 0.29) is 17.8 Å². The van der Waals surface area contributed by atoms with Crippen molar-refractivity contribution in [1.29, 1.82) is 0 Å². The molecule has 0 spiro atoms. The lowest BCUT2D eigenvalue weighted by atomic mass is 9.92. The topological polar surface area (TPSA) is 126 Å². The second kappa shape index (κ2) is 9.49. The first-order valence-electron chi connectivity index (χ1n) is 11.2. The van der Waals surface area contributed by atoms with Gasteiger partial charge in [-0.25, -0.2) is 14.6 Å². The number of nitrogens with two attached hydrogens (primary N) is 1. The predicted molar refractivity (Wildman–Crippen MR) is 133 cm³/mol. The van der Waals surface area contributed by atoms with Crippen LogP contribution in [-0.2, 0) is 14.9 Å². The minimum Gasteiger partial charge on any atom is -0.482 e. The molecule has 0 aliphatic rings. The van der Waals surface area contributed by atoms with Gasteiger partial charge >= 0.3 is 12.0 Å². The lowest BCUT2D eigenvalue weighted by molar-refractivity contribution is -0.145. The molecule has 4 rings (SSSR count). The first kappa shape index (κ1) is 23.8. The van der Waals surface area contributed by atoms with Crippen LogP contribution in [0.25, 0.3) is 16.7 Å². The average Bonchev–Trinajstić information content (AvgIpc) is 3.42. The second-order valence-corrected chi connectivity index (χ2v) is 8.95. The van der Waals surface area contributed by atoms with Gasteiger partial charge in [0.05, 0.1) is 23.3 Å². The summed E-state index contributed by atoms with van der Waals surface area (Å²) < 4.78 is 13.4. The number of fused-ring (bicyclic) bond motifs is 1. The lowest BCUT2D eigenvalue weighted by Gasteiger charge is -2.14. The first-order valence-corrected chi connectivity index (χ1v) is 11.2. The first-order chi connectivity index (χ1) is 16.7. The van der Waals surface area contributed by atoms with Crippen molar-refractivity contribution in [2.45, 2.75) is 33.1 Å². The van der Waals surface area contributed by atoms with Gasteiger partial charge in [-0.2, -0.15) is 9.78 Å². The van der Waals surface area contributed by atoms with Crippen LogP contribution in [-0.4, -0.2) is 44.5 Å². The van der Waals surface area contributed by atoms with E-state index in [0.29, 0.717) is 23.6 Å². The summed E-state index contributed by atoms with van der Waals surface area (Å²) in [5, 5.41) is 7.16. The van der Waals surface area contributed by atoms with Crippen LogP contribution >= 0.6 is 0 Å². The quantitative estimate of drug-likeness (QED) is 0.401. The van der Waals surface area contributed by atoms with Gasteiger partial charge in [-0.1, -0.05) is 20.8 Å². The normalized spacial score (nSPS) is 11.4. The van der Waals surface area contributed by atoms with Crippen molar-refractivity contribution in [3.8, 4) is 11.4 Å². The third kappa shape index (κ3) is 5.26. The molecule has 10 nitrogen and oxygen atoms in total. The highest BCUT2D eigenvalue weighted by Gasteiger charge is 2.21. The molecule has 0 atom stereocenters. The number of amides is 1. The van der Waals surface area contributed by atoms with Crippen LogP contribution in [0.5, 0.6) is 5.75 Å². The van der Waals surface area contributed by atoms with Gasteiger partial charge in [-0.3, -0.25) is 4.57 Å². The van der Waals surface area contributed by atoms with E-state index in [2.05, 4.69) is 15.4 Å². The Morgan fingerprint density at radius 1 is 1.09 bits per heavy atom. The number of imidazole rings is 1. The van der Waals surface area contributed by atoms with Crippen LogP contribution in [0.1, 0.15) is 33.4 Å². The number of aromatic nitrogens is 4. The van der Waals surface area contributed by atoms with Gasteiger partial charge in [-0.15, -0.1) is 0 Å². The zero-order valence-electron chi connectivity index (χ0n) is 20.1. The highest BCUT2D eigenvalue weighted by atomic mass is 16.6. The third-order valence-corrected chi connectivity index (χ3v) is 5.28. The van der Waals surface area contributed by atoms with Gasteiger partial charge in [0, 0.05) is 28.9 Å². The van der Waals surface area contributed by atoms with Crippen LogP contribution in [0, 0.1) is 0 Å². The number of esters is 1. The molecule has 3 N–H and O–H groups in total. The number of nitrogens with one attached hydrogen (secondary N) is 1. The molecule has 2 aromatic carbocycles. The zero-order valence-corrected chi connectivity index (χ0v) is 20.1. The summed E-state index contributed by atoms with van der Waals surface area (Å²) in [6, 6.07) is 14.0. The van der Waals surface area contributed by atoms with E-state index in [9.17, 15) is 9.59 Å². The van der Waals surface area contributed by atoms with Gasteiger partial charge < -0.3 is 20.5 Å². The number of rotatable bonds is 6. The molecule has 0 unspecified atom stereocenters. The van der Waals surface area contributed by atoms with Gasteiger partial charge in [0.15, 0.2) is 6.61 Å². The smallest absolute Gasteiger partial charge is 0.348 e. The molecule has 0 saturated carbocycles. The maximum Gasteiger partial charge on any atom is 0.348 e. The van der Waals surface area contributed by atoms with Gasteiger partial charge in [0.25, 0.3) is 0 Å². The van der Waals surface area contributed by atoms with E-state index in [0.717, 1.165) is 16.9 Å². The fraction of sp³-hybridized carbons (Fsp3) is 0.280. The molecule has 10 heteroatoms.